The average Bonchev–Trinajstić information content (AvgIpc) is 3.29. The molecule has 2 saturated carbocycles. The fourth-order valence-electron chi connectivity index (χ4n) is 2.76. The first kappa shape index (κ1) is 14.1. The first-order valence-corrected chi connectivity index (χ1v) is 7.30. The van der Waals surface area contributed by atoms with Crippen LogP contribution in [0.25, 0.3) is 0 Å². The molecule has 0 radical (unpaired) electrons. The highest BCUT2D eigenvalue weighted by molar-refractivity contribution is 5.98. The number of carboxylic acid groups (broad SMARTS) is 1. The first-order valence-electron chi connectivity index (χ1n) is 7.30. The van der Waals surface area contributed by atoms with Crippen LogP contribution in [-0.2, 0) is 15.0 Å². The van der Waals surface area contributed by atoms with Crippen LogP contribution in [0.5, 0.6) is 0 Å². The molecule has 0 bridgehead atoms. The van der Waals surface area contributed by atoms with E-state index in [1.807, 2.05) is 0 Å². The number of benzene rings is 1. The molecule has 0 aliphatic heterocycles. The molecular weight excluding hydrogens is 268 g/mol. The smallest absolute Gasteiger partial charge is 0.314 e. The van der Waals surface area contributed by atoms with Crippen molar-refractivity contribution in [3.05, 3.63) is 29.8 Å². The third kappa shape index (κ3) is 2.42. The molecule has 0 spiro atoms. The molecule has 1 aromatic carbocycles. The Morgan fingerprint density at radius 1 is 1.29 bits per heavy atom. The second kappa shape index (κ2) is 4.56. The molecule has 5 nitrogen and oxygen atoms in total. The van der Waals surface area contributed by atoms with Gasteiger partial charge in [0, 0.05) is 5.69 Å². The molecule has 21 heavy (non-hydrogen) atoms. The van der Waals surface area contributed by atoms with Crippen LogP contribution < -0.4 is 11.1 Å². The van der Waals surface area contributed by atoms with Gasteiger partial charge >= 0.3 is 5.97 Å². The monoisotopic (exact) mass is 288 g/mol. The van der Waals surface area contributed by atoms with E-state index in [1.54, 1.807) is 31.2 Å². The van der Waals surface area contributed by atoms with Crippen LogP contribution in [0.1, 0.15) is 38.2 Å². The number of carbonyl (C=O) groups is 2. The largest absolute Gasteiger partial charge is 0.481 e. The summed E-state index contributed by atoms with van der Waals surface area (Å²) in [6, 6.07) is 7.06. The van der Waals surface area contributed by atoms with Gasteiger partial charge in [-0.05, 0) is 56.2 Å². The lowest BCUT2D eigenvalue weighted by Gasteiger charge is -2.23. The topological polar surface area (TPSA) is 92.4 Å². The van der Waals surface area contributed by atoms with Crippen LogP contribution in [0.3, 0.4) is 0 Å². The molecule has 1 atom stereocenters. The fourth-order valence-corrected chi connectivity index (χ4v) is 2.76. The summed E-state index contributed by atoms with van der Waals surface area (Å²) in [6.45, 7) is 1.76. The first-order chi connectivity index (χ1) is 9.86. The minimum atomic E-state index is -0.836. The van der Waals surface area contributed by atoms with Gasteiger partial charge in [-0.15, -0.1) is 0 Å². The molecule has 5 heteroatoms. The maximum absolute atomic E-state index is 12.2. The number of nitrogens with two attached hydrogens (primary N) is 1. The lowest BCUT2D eigenvalue weighted by molar-refractivity contribution is -0.140. The van der Waals surface area contributed by atoms with Crippen molar-refractivity contribution in [1.29, 1.82) is 0 Å². The van der Waals surface area contributed by atoms with E-state index in [2.05, 4.69) is 5.32 Å². The van der Waals surface area contributed by atoms with Gasteiger partial charge in [0.05, 0.1) is 11.0 Å². The van der Waals surface area contributed by atoms with Crippen molar-refractivity contribution < 1.29 is 14.7 Å². The van der Waals surface area contributed by atoms with Crippen molar-refractivity contribution in [3.63, 3.8) is 0 Å². The van der Waals surface area contributed by atoms with Gasteiger partial charge in [-0.25, -0.2) is 0 Å². The molecule has 3 rings (SSSR count). The molecular formula is C16H20N2O3. The normalized spacial score (nSPS) is 22.2. The van der Waals surface area contributed by atoms with E-state index in [0.717, 1.165) is 18.4 Å². The summed E-state index contributed by atoms with van der Waals surface area (Å²) >= 11 is 0. The highest BCUT2D eigenvalue weighted by Gasteiger charge is 2.51. The summed E-state index contributed by atoms with van der Waals surface area (Å²) in [5.74, 6) is -0.696. The summed E-state index contributed by atoms with van der Waals surface area (Å²) < 4.78 is 0. The molecule has 0 aromatic heterocycles. The van der Waals surface area contributed by atoms with Gasteiger partial charge in [-0.3, -0.25) is 9.59 Å². The molecule has 2 aliphatic rings. The number of amides is 1. The third-order valence-corrected chi connectivity index (χ3v) is 4.77. The Morgan fingerprint density at radius 3 is 2.29 bits per heavy atom. The van der Waals surface area contributed by atoms with Crippen molar-refractivity contribution in [2.45, 2.75) is 43.6 Å². The standard InChI is InChI=1S/C16H20N2O3/c1-15(17,10-2-3-10)13(19)18-12-6-4-11(5-7-12)16(8-9-16)14(20)21/h4-7,10H,2-3,8-9,17H2,1H3,(H,18,19)(H,20,21). The van der Waals surface area contributed by atoms with Crippen molar-refractivity contribution >= 4 is 17.6 Å². The maximum atomic E-state index is 12.2. The van der Waals surface area contributed by atoms with E-state index in [1.165, 1.54) is 0 Å². The second-order valence-corrected chi connectivity index (χ2v) is 6.48. The van der Waals surface area contributed by atoms with Crippen molar-refractivity contribution in [1.82, 2.24) is 0 Å². The Bertz CT molecular complexity index is 584. The number of nitrogens with one attached hydrogen (secondary N) is 1. The molecule has 4 N–H and O–H groups in total. The number of carbonyl (C=O) groups excluding carboxylic acids is 1. The highest BCUT2D eigenvalue weighted by atomic mass is 16.4. The van der Waals surface area contributed by atoms with Crippen molar-refractivity contribution in [3.8, 4) is 0 Å². The molecule has 2 fully saturated rings. The molecule has 2 aliphatic carbocycles. The lowest BCUT2D eigenvalue weighted by atomic mass is 9.95. The van der Waals surface area contributed by atoms with Crippen LogP contribution in [0, 0.1) is 5.92 Å². The van der Waals surface area contributed by atoms with Crippen molar-refractivity contribution in [2.75, 3.05) is 5.32 Å². The Morgan fingerprint density at radius 2 is 1.86 bits per heavy atom. The van der Waals surface area contributed by atoms with E-state index in [0.29, 0.717) is 18.5 Å². The Hall–Kier alpha value is -1.88. The minimum absolute atomic E-state index is 0.183. The van der Waals surface area contributed by atoms with E-state index >= 15 is 0 Å². The van der Waals surface area contributed by atoms with Gasteiger partial charge in [0.25, 0.3) is 0 Å². The lowest BCUT2D eigenvalue weighted by Crippen LogP contribution is -2.50. The van der Waals surface area contributed by atoms with Gasteiger partial charge in [0.1, 0.15) is 0 Å². The SMILES string of the molecule is CC(N)(C(=O)Nc1ccc(C2(C(=O)O)CC2)cc1)C1CC1. The predicted molar refractivity (Wildman–Crippen MR) is 78.9 cm³/mol. The molecule has 1 unspecified atom stereocenters. The van der Waals surface area contributed by atoms with Gasteiger partial charge < -0.3 is 16.2 Å². The summed E-state index contributed by atoms with van der Waals surface area (Å²) in [6.07, 6.45) is 3.36. The number of hydrogen-bond acceptors (Lipinski definition) is 3. The maximum Gasteiger partial charge on any atom is 0.314 e. The molecule has 1 amide bonds. The zero-order chi connectivity index (χ0) is 15.3. The van der Waals surface area contributed by atoms with Crippen LogP contribution >= 0.6 is 0 Å². The number of carboxylic acids is 1. The third-order valence-electron chi connectivity index (χ3n) is 4.77. The van der Waals surface area contributed by atoms with Crippen molar-refractivity contribution in [2.24, 2.45) is 11.7 Å². The zero-order valence-electron chi connectivity index (χ0n) is 12.1. The van der Waals surface area contributed by atoms with Gasteiger partial charge in [0.15, 0.2) is 0 Å². The Kier molecular flexibility index (Phi) is 3.06. The number of anilines is 1. The quantitative estimate of drug-likeness (QED) is 0.771. The molecule has 112 valence electrons. The summed E-state index contributed by atoms with van der Waals surface area (Å²) in [5.41, 5.74) is 5.98. The zero-order valence-corrected chi connectivity index (χ0v) is 12.1. The van der Waals surface area contributed by atoms with Crippen LogP contribution in [0.15, 0.2) is 24.3 Å². The van der Waals surface area contributed by atoms with Crippen LogP contribution in [-0.4, -0.2) is 22.5 Å². The summed E-state index contributed by atoms with van der Waals surface area (Å²) in [7, 11) is 0. The molecule has 0 saturated heterocycles. The average molecular weight is 288 g/mol. The highest BCUT2D eigenvalue weighted by Crippen LogP contribution is 2.48. The number of hydrogen-bond donors (Lipinski definition) is 3. The number of aliphatic carboxylic acids is 1. The predicted octanol–water partition coefficient (Wildman–Crippen LogP) is 1.87. The van der Waals surface area contributed by atoms with E-state index in [4.69, 9.17) is 5.73 Å². The Labute approximate surface area is 123 Å². The van der Waals surface area contributed by atoms with Gasteiger partial charge in [0.2, 0.25) is 5.91 Å². The number of rotatable bonds is 5. The fraction of sp³-hybridized carbons (Fsp3) is 0.500. The summed E-state index contributed by atoms with van der Waals surface area (Å²) in [5, 5.41) is 12.1. The van der Waals surface area contributed by atoms with Crippen LogP contribution in [0.4, 0.5) is 5.69 Å². The van der Waals surface area contributed by atoms with E-state index < -0.39 is 16.9 Å². The second-order valence-electron chi connectivity index (χ2n) is 6.48. The van der Waals surface area contributed by atoms with Gasteiger partial charge in [-0.1, -0.05) is 12.1 Å². The van der Waals surface area contributed by atoms with Gasteiger partial charge in [-0.2, -0.15) is 0 Å². The Balaban J connectivity index is 1.70. The molecule has 1 aromatic rings. The van der Waals surface area contributed by atoms with E-state index in [9.17, 15) is 14.7 Å². The minimum Gasteiger partial charge on any atom is -0.481 e. The van der Waals surface area contributed by atoms with Crippen LogP contribution in [0.2, 0.25) is 0 Å². The summed E-state index contributed by atoms with van der Waals surface area (Å²) in [4.78, 5) is 23.5. The molecule has 0 heterocycles. The van der Waals surface area contributed by atoms with E-state index in [-0.39, 0.29) is 11.8 Å².